The average Bonchev–Trinajstić information content (AvgIpc) is 2.16. The summed E-state index contributed by atoms with van der Waals surface area (Å²) in [6.45, 7) is 7.83. The van der Waals surface area contributed by atoms with Crippen molar-refractivity contribution in [1.29, 1.82) is 0 Å². The SMILES string of the molecule is CCCC(C)(N)CN(C)C1CCCC(C)C1. The van der Waals surface area contributed by atoms with Crippen molar-refractivity contribution in [3.8, 4) is 0 Å². The van der Waals surface area contributed by atoms with Crippen LogP contribution in [0.3, 0.4) is 0 Å². The fourth-order valence-corrected chi connectivity index (χ4v) is 3.15. The molecule has 16 heavy (non-hydrogen) atoms. The highest BCUT2D eigenvalue weighted by atomic mass is 15.1. The van der Waals surface area contributed by atoms with E-state index in [9.17, 15) is 0 Å². The zero-order chi connectivity index (χ0) is 12.2. The summed E-state index contributed by atoms with van der Waals surface area (Å²) in [6.07, 6.45) is 7.84. The van der Waals surface area contributed by atoms with Crippen LogP contribution in [0.25, 0.3) is 0 Å². The third kappa shape index (κ3) is 4.42. The third-order valence-electron chi connectivity index (χ3n) is 3.96. The van der Waals surface area contributed by atoms with Gasteiger partial charge >= 0.3 is 0 Å². The zero-order valence-electron chi connectivity index (χ0n) is 11.6. The maximum atomic E-state index is 6.33. The first-order valence-electron chi connectivity index (χ1n) is 6.93. The highest BCUT2D eigenvalue weighted by Crippen LogP contribution is 2.27. The van der Waals surface area contributed by atoms with Gasteiger partial charge in [0.25, 0.3) is 0 Å². The van der Waals surface area contributed by atoms with Crippen LogP contribution in [0.2, 0.25) is 0 Å². The smallest absolute Gasteiger partial charge is 0.0254 e. The van der Waals surface area contributed by atoms with Gasteiger partial charge in [0.1, 0.15) is 0 Å². The van der Waals surface area contributed by atoms with Crippen molar-refractivity contribution < 1.29 is 0 Å². The van der Waals surface area contributed by atoms with Gasteiger partial charge in [-0.3, -0.25) is 0 Å². The summed E-state index contributed by atoms with van der Waals surface area (Å²) in [5.74, 6) is 0.899. The first-order valence-corrected chi connectivity index (χ1v) is 6.93. The van der Waals surface area contributed by atoms with Gasteiger partial charge in [-0.05, 0) is 39.2 Å². The van der Waals surface area contributed by atoms with E-state index in [0.717, 1.165) is 24.9 Å². The zero-order valence-corrected chi connectivity index (χ0v) is 11.6. The Hall–Kier alpha value is -0.0800. The van der Waals surface area contributed by atoms with E-state index in [1.165, 1.54) is 32.1 Å². The fourth-order valence-electron chi connectivity index (χ4n) is 3.15. The van der Waals surface area contributed by atoms with Gasteiger partial charge in [0.15, 0.2) is 0 Å². The predicted molar refractivity (Wildman–Crippen MR) is 71.6 cm³/mol. The molecule has 1 aliphatic carbocycles. The Bertz CT molecular complexity index is 201. The van der Waals surface area contributed by atoms with Gasteiger partial charge in [0, 0.05) is 18.1 Å². The topological polar surface area (TPSA) is 29.3 Å². The van der Waals surface area contributed by atoms with E-state index in [2.05, 4.69) is 32.7 Å². The molecule has 0 heterocycles. The van der Waals surface area contributed by atoms with Gasteiger partial charge in [-0.15, -0.1) is 0 Å². The van der Waals surface area contributed by atoms with Crippen molar-refractivity contribution in [3.63, 3.8) is 0 Å². The molecule has 2 nitrogen and oxygen atoms in total. The highest BCUT2D eigenvalue weighted by Gasteiger charge is 2.26. The Morgan fingerprint density at radius 2 is 2.06 bits per heavy atom. The van der Waals surface area contributed by atoms with E-state index in [1.807, 2.05) is 0 Å². The summed E-state index contributed by atoms with van der Waals surface area (Å²) >= 11 is 0. The summed E-state index contributed by atoms with van der Waals surface area (Å²) in [7, 11) is 2.25. The lowest BCUT2D eigenvalue weighted by Crippen LogP contribution is -2.50. The number of hydrogen-bond acceptors (Lipinski definition) is 2. The first kappa shape index (κ1) is 14.0. The van der Waals surface area contributed by atoms with Crippen molar-refractivity contribution >= 4 is 0 Å². The number of rotatable bonds is 5. The molecule has 0 aromatic heterocycles. The number of likely N-dealkylation sites (N-methyl/N-ethyl adjacent to an activating group) is 1. The first-order chi connectivity index (χ1) is 7.44. The largest absolute Gasteiger partial charge is 0.324 e. The van der Waals surface area contributed by atoms with Gasteiger partial charge in [-0.1, -0.05) is 33.1 Å². The van der Waals surface area contributed by atoms with Crippen LogP contribution >= 0.6 is 0 Å². The molecule has 0 amide bonds. The van der Waals surface area contributed by atoms with Crippen molar-refractivity contribution in [3.05, 3.63) is 0 Å². The summed E-state index contributed by atoms with van der Waals surface area (Å²) in [4.78, 5) is 2.51. The predicted octanol–water partition coefficient (Wildman–Crippen LogP) is 3.01. The van der Waals surface area contributed by atoms with Crippen LogP contribution in [-0.2, 0) is 0 Å². The minimum atomic E-state index is -0.00974. The van der Waals surface area contributed by atoms with Crippen LogP contribution < -0.4 is 5.73 Å². The van der Waals surface area contributed by atoms with Crippen LogP contribution in [0, 0.1) is 5.92 Å². The van der Waals surface area contributed by atoms with E-state index in [1.54, 1.807) is 0 Å². The maximum absolute atomic E-state index is 6.33. The van der Waals surface area contributed by atoms with E-state index in [-0.39, 0.29) is 5.54 Å². The van der Waals surface area contributed by atoms with Crippen molar-refractivity contribution in [2.24, 2.45) is 11.7 Å². The summed E-state index contributed by atoms with van der Waals surface area (Å²) < 4.78 is 0. The van der Waals surface area contributed by atoms with Gasteiger partial charge in [-0.25, -0.2) is 0 Å². The lowest BCUT2D eigenvalue weighted by molar-refractivity contribution is 0.134. The second kappa shape index (κ2) is 6.02. The van der Waals surface area contributed by atoms with Gasteiger partial charge in [0.2, 0.25) is 0 Å². The molecule has 0 bridgehead atoms. The van der Waals surface area contributed by atoms with Gasteiger partial charge in [-0.2, -0.15) is 0 Å². The molecule has 2 N–H and O–H groups in total. The third-order valence-corrected chi connectivity index (χ3v) is 3.96. The van der Waals surface area contributed by atoms with Gasteiger partial charge < -0.3 is 10.6 Å². The number of nitrogens with two attached hydrogens (primary N) is 1. The Labute approximate surface area is 102 Å². The summed E-state index contributed by atoms with van der Waals surface area (Å²) in [6, 6.07) is 0.767. The molecular formula is C14H30N2. The monoisotopic (exact) mass is 226 g/mol. The van der Waals surface area contributed by atoms with Crippen molar-refractivity contribution in [2.45, 2.75) is 70.9 Å². The molecule has 0 aromatic rings. The molecule has 2 heteroatoms. The van der Waals surface area contributed by atoms with Crippen LogP contribution in [0.4, 0.5) is 0 Å². The van der Waals surface area contributed by atoms with Crippen molar-refractivity contribution in [1.82, 2.24) is 4.90 Å². The lowest BCUT2D eigenvalue weighted by atomic mass is 9.85. The van der Waals surface area contributed by atoms with Crippen LogP contribution in [0.5, 0.6) is 0 Å². The second-order valence-electron chi connectivity index (χ2n) is 6.24. The van der Waals surface area contributed by atoms with E-state index in [0.29, 0.717) is 0 Å². The number of hydrogen-bond donors (Lipinski definition) is 1. The minimum absolute atomic E-state index is 0.00974. The fraction of sp³-hybridized carbons (Fsp3) is 1.00. The van der Waals surface area contributed by atoms with Crippen molar-refractivity contribution in [2.75, 3.05) is 13.6 Å². The molecule has 3 unspecified atom stereocenters. The maximum Gasteiger partial charge on any atom is 0.0254 e. The minimum Gasteiger partial charge on any atom is -0.324 e. The molecule has 0 saturated heterocycles. The molecule has 0 spiro atoms. The normalized spacial score (nSPS) is 30.4. The Morgan fingerprint density at radius 1 is 1.38 bits per heavy atom. The Balaban J connectivity index is 2.41. The van der Waals surface area contributed by atoms with Crippen LogP contribution in [0.15, 0.2) is 0 Å². The highest BCUT2D eigenvalue weighted by molar-refractivity contribution is 4.85. The summed E-state index contributed by atoms with van der Waals surface area (Å²) in [5, 5.41) is 0. The molecule has 0 aliphatic heterocycles. The van der Waals surface area contributed by atoms with Gasteiger partial charge in [0.05, 0.1) is 0 Å². The quantitative estimate of drug-likeness (QED) is 0.781. The van der Waals surface area contributed by atoms with E-state index >= 15 is 0 Å². The summed E-state index contributed by atoms with van der Waals surface area (Å²) in [5.41, 5.74) is 6.32. The second-order valence-corrected chi connectivity index (χ2v) is 6.24. The Morgan fingerprint density at radius 3 is 2.62 bits per heavy atom. The molecule has 1 fully saturated rings. The number of nitrogens with zero attached hydrogens (tertiary/aromatic N) is 1. The molecule has 1 rings (SSSR count). The standard InChI is InChI=1S/C14H30N2/c1-5-9-14(3,15)11-16(4)13-8-6-7-12(2)10-13/h12-13H,5-11,15H2,1-4H3. The molecule has 96 valence electrons. The molecule has 1 saturated carbocycles. The van der Waals surface area contributed by atoms with Crippen LogP contribution in [-0.4, -0.2) is 30.1 Å². The van der Waals surface area contributed by atoms with E-state index in [4.69, 9.17) is 5.73 Å². The molecular weight excluding hydrogens is 196 g/mol. The molecule has 0 aromatic carbocycles. The van der Waals surface area contributed by atoms with Crippen LogP contribution in [0.1, 0.15) is 59.3 Å². The Kier molecular flexibility index (Phi) is 5.26. The average molecular weight is 226 g/mol. The van der Waals surface area contributed by atoms with E-state index < -0.39 is 0 Å². The molecule has 0 radical (unpaired) electrons. The lowest BCUT2D eigenvalue weighted by Gasteiger charge is -2.38. The molecule has 1 aliphatic rings. The molecule has 3 atom stereocenters.